The van der Waals surface area contributed by atoms with E-state index in [4.69, 9.17) is 9.47 Å². The molecule has 1 fully saturated rings. The van der Waals surface area contributed by atoms with Gasteiger partial charge in [-0.25, -0.2) is 14.0 Å². The van der Waals surface area contributed by atoms with Crippen molar-refractivity contribution >= 4 is 29.1 Å². The lowest BCUT2D eigenvalue weighted by Crippen LogP contribution is -2.54. The Morgan fingerprint density at radius 1 is 0.973 bits per heavy atom. The van der Waals surface area contributed by atoms with Crippen LogP contribution < -0.4 is 20.3 Å². The summed E-state index contributed by atoms with van der Waals surface area (Å²) in [7, 11) is 1.37. The van der Waals surface area contributed by atoms with Gasteiger partial charge in [0.25, 0.3) is 0 Å². The summed E-state index contributed by atoms with van der Waals surface area (Å²) < 4.78 is 26.2. The third kappa shape index (κ3) is 5.37. The predicted octanol–water partition coefficient (Wildman–Crippen LogP) is 4.71. The summed E-state index contributed by atoms with van der Waals surface area (Å²) >= 11 is 0. The zero-order valence-corrected chi connectivity index (χ0v) is 19.9. The lowest BCUT2D eigenvalue weighted by atomic mass is 10.1. The maximum atomic E-state index is 13.2. The van der Waals surface area contributed by atoms with Crippen LogP contribution in [0.1, 0.15) is 10.4 Å². The van der Waals surface area contributed by atoms with Gasteiger partial charge in [-0.05, 0) is 48.5 Å². The maximum absolute atomic E-state index is 13.2. The molecule has 188 valence electrons. The number of amides is 2. The number of hydrogen-bond donors (Lipinski definition) is 2. The molecule has 1 aliphatic rings. The lowest BCUT2D eigenvalue weighted by Gasteiger charge is -2.41. The van der Waals surface area contributed by atoms with Crippen LogP contribution in [0.25, 0.3) is 5.69 Å². The number of carbonyl (C=O) groups excluding carboxylic acids is 2. The SMILES string of the molecule is COC(=O)c1cccc(N2CC(Oc3ccc(NC(=O)Nc4cncc(F)c4)cc3)C2)c1-n1cccc1. The van der Waals surface area contributed by atoms with Crippen LogP contribution in [0, 0.1) is 5.82 Å². The summed E-state index contributed by atoms with van der Waals surface area (Å²) in [5, 5.41) is 5.21. The molecular weight excluding hydrogens is 477 g/mol. The molecule has 0 atom stereocenters. The standard InChI is InChI=1S/C27H24FN5O4/c1-36-26(34)23-5-4-6-24(25(23)32-11-2-3-12-32)33-16-22(17-33)37-21-9-7-19(8-10-21)30-27(35)31-20-13-18(28)14-29-15-20/h2-15,22H,16-17H2,1H3,(H2,30,31,35). The van der Waals surface area contributed by atoms with E-state index in [1.165, 1.54) is 19.4 Å². The Labute approximate surface area is 212 Å². The van der Waals surface area contributed by atoms with Crippen molar-refractivity contribution in [3.63, 3.8) is 0 Å². The molecule has 0 radical (unpaired) electrons. The second-order valence-corrected chi connectivity index (χ2v) is 8.40. The van der Waals surface area contributed by atoms with Gasteiger partial charge in [0.2, 0.25) is 0 Å². The summed E-state index contributed by atoms with van der Waals surface area (Å²) in [6.45, 7) is 1.28. The first-order valence-electron chi connectivity index (χ1n) is 11.5. The smallest absolute Gasteiger partial charge is 0.340 e. The molecule has 4 aromatic rings. The minimum atomic E-state index is -0.536. The van der Waals surface area contributed by atoms with Gasteiger partial charge in [-0.1, -0.05) is 6.07 Å². The number of urea groups is 1. The molecule has 2 aromatic carbocycles. The summed E-state index contributed by atoms with van der Waals surface area (Å²) in [6, 6.07) is 17.0. The number of nitrogens with one attached hydrogen (secondary N) is 2. The van der Waals surface area contributed by atoms with Crippen molar-refractivity contribution < 1.29 is 23.5 Å². The van der Waals surface area contributed by atoms with Crippen LogP contribution in [-0.4, -0.2) is 47.9 Å². The largest absolute Gasteiger partial charge is 0.487 e. The Balaban J connectivity index is 1.19. The highest BCUT2D eigenvalue weighted by Gasteiger charge is 2.32. The van der Waals surface area contributed by atoms with E-state index in [1.54, 1.807) is 30.3 Å². The summed E-state index contributed by atoms with van der Waals surface area (Å²) in [5.41, 5.74) is 2.98. The van der Waals surface area contributed by atoms with Gasteiger partial charge in [-0.3, -0.25) is 4.98 Å². The zero-order valence-electron chi connectivity index (χ0n) is 19.9. The van der Waals surface area contributed by atoms with Crippen LogP contribution in [0.5, 0.6) is 5.75 Å². The van der Waals surface area contributed by atoms with Crippen molar-refractivity contribution in [2.24, 2.45) is 0 Å². The second-order valence-electron chi connectivity index (χ2n) is 8.40. The van der Waals surface area contributed by atoms with Gasteiger partial charge in [-0.15, -0.1) is 0 Å². The number of rotatable bonds is 7. The van der Waals surface area contributed by atoms with Crippen LogP contribution in [0.4, 0.5) is 26.2 Å². The topological polar surface area (TPSA) is 97.7 Å². The molecule has 10 heteroatoms. The number of benzene rings is 2. The third-order valence-corrected chi connectivity index (χ3v) is 5.85. The van der Waals surface area contributed by atoms with E-state index in [2.05, 4.69) is 20.5 Å². The monoisotopic (exact) mass is 501 g/mol. The van der Waals surface area contributed by atoms with Gasteiger partial charge in [0, 0.05) is 24.1 Å². The number of nitrogens with zero attached hydrogens (tertiary/aromatic N) is 3. The fraction of sp³-hybridized carbons (Fsp3) is 0.148. The number of halogens is 1. The van der Waals surface area contributed by atoms with Gasteiger partial charge in [0.15, 0.2) is 0 Å². The number of esters is 1. The van der Waals surface area contributed by atoms with Crippen LogP contribution in [0.3, 0.4) is 0 Å². The molecule has 9 nitrogen and oxygen atoms in total. The predicted molar refractivity (Wildman–Crippen MR) is 137 cm³/mol. The summed E-state index contributed by atoms with van der Waals surface area (Å²) in [5.74, 6) is -0.265. The van der Waals surface area contributed by atoms with Crippen LogP contribution in [0.15, 0.2) is 85.5 Å². The first-order valence-corrected chi connectivity index (χ1v) is 11.5. The van der Waals surface area contributed by atoms with E-state index in [-0.39, 0.29) is 11.8 Å². The van der Waals surface area contributed by atoms with Crippen molar-refractivity contribution in [3.05, 3.63) is 96.8 Å². The Kier molecular flexibility index (Phi) is 6.71. The average molecular weight is 502 g/mol. The first kappa shape index (κ1) is 23.9. The number of carbonyl (C=O) groups is 2. The minimum Gasteiger partial charge on any atom is -0.487 e. The van der Waals surface area contributed by atoms with E-state index in [0.717, 1.165) is 17.6 Å². The average Bonchev–Trinajstić information content (AvgIpc) is 3.41. The molecule has 2 N–H and O–H groups in total. The highest BCUT2D eigenvalue weighted by Crippen LogP contribution is 2.33. The molecule has 1 saturated heterocycles. The highest BCUT2D eigenvalue weighted by molar-refractivity contribution is 5.99. The van der Waals surface area contributed by atoms with E-state index in [1.807, 2.05) is 41.2 Å². The fourth-order valence-electron chi connectivity index (χ4n) is 4.11. The van der Waals surface area contributed by atoms with Crippen molar-refractivity contribution in [3.8, 4) is 11.4 Å². The van der Waals surface area contributed by atoms with E-state index >= 15 is 0 Å². The van der Waals surface area contributed by atoms with Gasteiger partial charge < -0.3 is 29.6 Å². The number of aromatic nitrogens is 2. The fourth-order valence-corrected chi connectivity index (χ4v) is 4.11. The molecule has 3 heterocycles. The van der Waals surface area contributed by atoms with Gasteiger partial charge in [0.1, 0.15) is 17.7 Å². The van der Waals surface area contributed by atoms with E-state index in [0.29, 0.717) is 30.1 Å². The van der Waals surface area contributed by atoms with Crippen molar-refractivity contribution in [1.29, 1.82) is 0 Å². The molecule has 0 aliphatic carbocycles. The van der Waals surface area contributed by atoms with Crippen LogP contribution >= 0.6 is 0 Å². The number of ether oxygens (including phenoxy) is 2. The first-order chi connectivity index (χ1) is 18.0. The lowest BCUT2D eigenvalue weighted by molar-refractivity contribution is 0.0600. The maximum Gasteiger partial charge on any atom is 0.340 e. The Hall–Kier alpha value is -4.86. The summed E-state index contributed by atoms with van der Waals surface area (Å²) in [6.07, 6.45) is 6.16. The molecule has 0 spiro atoms. The quantitative estimate of drug-likeness (QED) is 0.356. The third-order valence-electron chi connectivity index (χ3n) is 5.85. The number of methoxy groups -OCH3 is 1. The van der Waals surface area contributed by atoms with Crippen LogP contribution in [0.2, 0.25) is 0 Å². The molecule has 2 aromatic heterocycles. The van der Waals surface area contributed by atoms with Crippen molar-refractivity contribution in [2.45, 2.75) is 6.10 Å². The molecule has 1 aliphatic heterocycles. The normalized spacial score (nSPS) is 13.0. The van der Waals surface area contributed by atoms with Gasteiger partial charge in [0.05, 0.1) is 55.2 Å². The van der Waals surface area contributed by atoms with Crippen molar-refractivity contribution in [2.75, 3.05) is 35.7 Å². The number of anilines is 3. The molecule has 0 unspecified atom stereocenters. The Morgan fingerprint density at radius 3 is 2.41 bits per heavy atom. The van der Waals surface area contributed by atoms with Crippen LogP contribution in [-0.2, 0) is 4.74 Å². The van der Waals surface area contributed by atoms with Gasteiger partial charge >= 0.3 is 12.0 Å². The number of pyridine rings is 1. The number of para-hydroxylation sites is 1. The molecule has 37 heavy (non-hydrogen) atoms. The number of hydrogen-bond acceptors (Lipinski definition) is 6. The molecular formula is C27H24FN5O4. The molecule has 5 rings (SSSR count). The van der Waals surface area contributed by atoms with E-state index < -0.39 is 17.8 Å². The minimum absolute atomic E-state index is 0.0399. The summed E-state index contributed by atoms with van der Waals surface area (Å²) in [4.78, 5) is 30.4. The zero-order chi connectivity index (χ0) is 25.8. The Morgan fingerprint density at radius 2 is 1.70 bits per heavy atom. The highest BCUT2D eigenvalue weighted by atomic mass is 19.1. The van der Waals surface area contributed by atoms with E-state index in [9.17, 15) is 14.0 Å². The molecule has 0 bridgehead atoms. The Bertz CT molecular complexity index is 1400. The van der Waals surface area contributed by atoms with Gasteiger partial charge in [-0.2, -0.15) is 0 Å². The molecule has 0 saturated carbocycles. The van der Waals surface area contributed by atoms with Crippen molar-refractivity contribution in [1.82, 2.24) is 9.55 Å². The second kappa shape index (κ2) is 10.4. The molecule has 2 amide bonds.